The SMILES string of the molecule is O=C(CSCc1nc2sc3c(c2c(=O)[nH]1)CCC3)Nc1ccccc1N1CCCCC1. The number of hydrogen-bond donors (Lipinski definition) is 2. The van der Waals surface area contributed by atoms with E-state index in [1.54, 1.807) is 11.3 Å². The third-order valence-electron chi connectivity index (χ3n) is 5.97. The highest BCUT2D eigenvalue weighted by molar-refractivity contribution is 7.99. The van der Waals surface area contributed by atoms with Gasteiger partial charge in [-0.15, -0.1) is 23.1 Å². The van der Waals surface area contributed by atoms with Gasteiger partial charge in [0.05, 0.1) is 28.3 Å². The summed E-state index contributed by atoms with van der Waals surface area (Å²) in [4.78, 5) is 37.2. The van der Waals surface area contributed by atoms with Crippen molar-refractivity contribution in [3.8, 4) is 0 Å². The lowest BCUT2D eigenvalue weighted by atomic mass is 10.1. The van der Waals surface area contributed by atoms with E-state index in [2.05, 4.69) is 26.3 Å². The molecule has 0 unspecified atom stereocenters. The number of rotatable bonds is 6. The van der Waals surface area contributed by atoms with Gasteiger partial charge in [0.25, 0.3) is 5.56 Å². The van der Waals surface area contributed by atoms with E-state index < -0.39 is 0 Å². The van der Waals surface area contributed by atoms with Gasteiger partial charge in [-0.3, -0.25) is 9.59 Å². The first-order chi connectivity index (χ1) is 15.2. The van der Waals surface area contributed by atoms with E-state index in [9.17, 15) is 9.59 Å². The van der Waals surface area contributed by atoms with Gasteiger partial charge in [0.15, 0.2) is 0 Å². The molecule has 0 atom stereocenters. The van der Waals surface area contributed by atoms with Gasteiger partial charge in [0.1, 0.15) is 10.7 Å². The molecule has 1 fully saturated rings. The van der Waals surface area contributed by atoms with E-state index in [1.165, 1.54) is 41.5 Å². The fourth-order valence-electron chi connectivity index (χ4n) is 4.53. The molecule has 6 nitrogen and oxygen atoms in total. The minimum Gasteiger partial charge on any atom is -0.370 e. The van der Waals surface area contributed by atoms with E-state index in [-0.39, 0.29) is 11.5 Å². The largest absolute Gasteiger partial charge is 0.370 e. The fraction of sp³-hybridized carbons (Fsp3) is 0.435. The molecule has 162 valence electrons. The van der Waals surface area contributed by atoms with Crippen molar-refractivity contribution in [1.82, 2.24) is 9.97 Å². The number of carbonyl (C=O) groups excluding carboxylic acids is 1. The first kappa shape index (κ1) is 20.6. The molecular formula is C23H26N4O2S2. The van der Waals surface area contributed by atoms with Gasteiger partial charge in [0, 0.05) is 18.0 Å². The number of benzene rings is 1. The Hall–Kier alpha value is -2.32. The lowest BCUT2D eigenvalue weighted by molar-refractivity contribution is -0.113. The maximum absolute atomic E-state index is 12.6. The Morgan fingerprint density at radius 2 is 2.00 bits per heavy atom. The van der Waals surface area contributed by atoms with Crippen LogP contribution in [0.1, 0.15) is 41.9 Å². The van der Waals surface area contributed by atoms with Crippen molar-refractivity contribution in [3.63, 3.8) is 0 Å². The molecule has 31 heavy (non-hydrogen) atoms. The van der Waals surface area contributed by atoms with Crippen LogP contribution in [0.2, 0.25) is 0 Å². The molecule has 1 aromatic carbocycles. The lowest BCUT2D eigenvalue weighted by Gasteiger charge is -2.30. The third kappa shape index (κ3) is 4.36. The van der Waals surface area contributed by atoms with Crippen LogP contribution in [0.15, 0.2) is 29.1 Å². The van der Waals surface area contributed by atoms with Gasteiger partial charge in [-0.25, -0.2) is 4.98 Å². The molecule has 0 spiro atoms. The number of aryl methyl sites for hydroxylation is 2. The second-order valence-electron chi connectivity index (χ2n) is 8.16. The van der Waals surface area contributed by atoms with Crippen LogP contribution in [0.3, 0.4) is 0 Å². The van der Waals surface area contributed by atoms with Gasteiger partial charge in [-0.05, 0) is 56.2 Å². The van der Waals surface area contributed by atoms with Gasteiger partial charge in [-0.2, -0.15) is 0 Å². The topological polar surface area (TPSA) is 78.1 Å². The molecule has 3 heterocycles. The Bertz CT molecular complexity index is 1160. The number of nitrogens with zero attached hydrogens (tertiary/aromatic N) is 2. The Labute approximate surface area is 189 Å². The van der Waals surface area contributed by atoms with Gasteiger partial charge in [-0.1, -0.05) is 12.1 Å². The second kappa shape index (κ2) is 9.04. The predicted molar refractivity (Wildman–Crippen MR) is 130 cm³/mol. The number of aromatic nitrogens is 2. The summed E-state index contributed by atoms with van der Waals surface area (Å²) in [5.74, 6) is 1.43. The van der Waals surface area contributed by atoms with E-state index in [0.717, 1.165) is 53.9 Å². The van der Waals surface area contributed by atoms with Crippen LogP contribution in [0.5, 0.6) is 0 Å². The van der Waals surface area contributed by atoms with Crippen molar-refractivity contribution in [3.05, 3.63) is 50.9 Å². The van der Waals surface area contributed by atoms with Crippen LogP contribution in [0, 0.1) is 0 Å². The molecule has 3 aromatic rings. The first-order valence-corrected chi connectivity index (χ1v) is 12.9. The summed E-state index contributed by atoms with van der Waals surface area (Å²) in [5, 5.41) is 3.85. The number of thiophene rings is 1. The van der Waals surface area contributed by atoms with E-state index in [0.29, 0.717) is 17.3 Å². The van der Waals surface area contributed by atoms with Crippen molar-refractivity contribution in [2.24, 2.45) is 0 Å². The van der Waals surface area contributed by atoms with Crippen molar-refractivity contribution in [2.45, 2.75) is 44.3 Å². The molecule has 2 aromatic heterocycles. The Morgan fingerprint density at radius 1 is 1.16 bits per heavy atom. The summed E-state index contributed by atoms with van der Waals surface area (Å²) in [6.45, 7) is 2.07. The molecule has 5 rings (SSSR count). The maximum atomic E-state index is 12.6. The Balaban J connectivity index is 1.21. The highest BCUT2D eigenvalue weighted by atomic mass is 32.2. The second-order valence-corrected chi connectivity index (χ2v) is 10.2. The highest BCUT2D eigenvalue weighted by Gasteiger charge is 2.21. The third-order valence-corrected chi connectivity index (χ3v) is 8.10. The Morgan fingerprint density at radius 3 is 2.87 bits per heavy atom. The number of piperidine rings is 1. The standard InChI is InChI=1S/C23H26N4O2S2/c28-20(24-16-8-2-3-9-17(16)27-11-4-1-5-12-27)14-30-13-19-25-22(29)21-15-7-6-10-18(15)31-23(21)26-19/h2-3,8-9H,1,4-7,10-14H2,(H,24,28)(H,25,26,29). The van der Waals surface area contributed by atoms with Crippen molar-refractivity contribution < 1.29 is 4.79 Å². The van der Waals surface area contributed by atoms with Crippen molar-refractivity contribution in [2.75, 3.05) is 29.1 Å². The van der Waals surface area contributed by atoms with Crippen LogP contribution >= 0.6 is 23.1 Å². The molecule has 1 aliphatic carbocycles. The van der Waals surface area contributed by atoms with Gasteiger partial charge in [0.2, 0.25) is 5.91 Å². The average molecular weight is 455 g/mol. The van der Waals surface area contributed by atoms with E-state index in [1.807, 2.05) is 18.2 Å². The molecule has 1 aliphatic heterocycles. The van der Waals surface area contributed by atoms with Gasteiger partial charge >= 0.3 is 0 Å². The molecule has 0 bridgehead atoms. The van der Waals surface area contributed by atoms with Crippen LogP contribution in [-0.4, -0.2) is 34.7 Å². The number of fused-ring (bicyclic) bond motifs is 3. The summed E-state index contributed by atoms with van der Waals surface area (Å²) >= 11 is 3.12. The summed E-state index contributed by atoms with van der Waals surface area (Å²) in [7, 11) is 0. The summed E-state index contributed by atoms with van der Waals surface area (Å²) in [6, 6.07) is 8.03. The molecule has 1 saturated heterocycles. The number of thioether (sulfide) groups is 1. The van der Waals surface area contributed by atoms with Crippen LogP contribution in [0.4, 0.5) is 11.4 Å². The van der Waals surface area contributed by atoms with Crippen LogP contribution in [-0.2, 0) is 23.4 Å². The molecule has 0 radical (unpaired) electrons. The van der Waals surface area contributed by atoms with Crippen LogP contribution in [0.25, 0.3) is 10.2 Å². The average Bonchev–Trinajstić information content (AvgIpc) is 3.36. The molecule has 2 N–H and O–H groups in total. The zero-order chi connectivity index (χ0) is 21.2. The van der Waals surface area contributed by atoms with Gasteiger partial charge < -0.3 is 15.2 Å². The summed E-state index contributed by atoms with van der Waals surface area (Å²) in [6.07, 6.45) is 6.83. The number of hydrogen-bond acceptors (Lipinski definition) is 6. The fourth-order valence-corrected chi connectivity index (χ4v) is 6.50. The van der Waals surface area contributed by atoms with Crippen molar-refractivity contribution in [1.29, 1.82) is 0 Å². The minimum atomic E-state index is -0.0417. The number of amides is 1. The normalized spacial score (nSPS) is 15.9. The smallest absolute Gasteiger partial charge is 0.259 e. The van der Waals surface area contributed by atoms with E-state index in [4.69, 9.17) is 0 Å². The van der Waals surface area contributed by atoms with Crippen LogP contribution < -0.4 is 15.8 Å². The molecule has 2 aliphatic rings. The summed E-state index contributed by atoms with van der Waals surface area (Å²) in [5.41, 5.74) is 3.12. The van der Waals surface area contributed by atoms with Crippen molar-refractivity contribution >= 4 is 50.6 Å². The molecule has 8 heteroatoms. The number of aromatic amines is 1. The number of H-pyrrole nitrogens is 1. The number of para-hydroxylation sites is 2. The Kier molecular flexibility index (Phi) is 6.00. The number of nitrogens with one attached hydrogen (secondary N) is 2. The first-order valence-electron chi connectivity index (χ1n) is 10.9. The zero-order valence-corrected chi connectivity index (χ0v) is 19.0. The number of carbonyl (C=O) groups is 1. The molecular weight excluding hydrogens is 428 g/mol. The zero-order valence-electron chi connectivity index (χ0n) is 17.4. The highest BCUT2D eigenvalue weighted by Crippen LogP contribution is 2.34. The van der Waals surface area contributed by atoms with E-state index >= 15 is 0 Å². The summed E-state index contributed by atoms with van der Waals surface area (Å²) < 4.78 is 0. The molecule has 0 saturated carbocycles. The predicted octanol–water partition coefficient (Wildman–Crippen LogP) is 4.34. The lowest BCUT2D eigenvalue weighted by Crippen LogP contribution is -2.30. The molecule has 1 amide bonds. The minimum absolute atomic E-state index is 0.0343. The maximum Gasteiger partial charge on any atom is 0.259 e. The number of anilines is 2. The quantitative estimate of drug-likeness (QED) is 0.579. The monoisotopic (exact) mass is 454 g/mol.